The quantitative estimate of drug-likeness (QED) is 0.154. The van der Waals surface area contributed by atoms with Crippen molar-refractivity contribution in [2.24, 2.45) is 0 Å². The third-order valence-corrected chi connectivity index (χ3v) is 12.4. The fourth-order valence-corrected chi connectivity index (χ4v) is 9.36. The maximum atomic E-state index is 10.4. The van der Waals surface area contributed by atoms with Gasteiger partial charge in [0.2, 0.25) is 0 Å². The molecule has 0 N–H and O–H groups in total. The molecule has 0 spiro atoms. The van der Waals surface area contributed by atoms with Gasteiger partial charge in [-0.2, -0.15) is 0 Å². The van der Waals surface area contributed by atoms with Crippen LogP contribution in [0.3, 0.4) is 0 Å². The van der Waals surface area contributed by atoms with E-state index in [4.69, 9.17) is 14.3 Å². The van der Waals surface area contributed by atoms with Crippen molar-refractivity contribution in [1.82, 2.24) is 4.57 Å². The van der Waals surface area contributed by atoms with Crippen LogP contribution in [0.25, 0.3) is 60.4 Å². The van der Waals surface area contributed by atoms with Crippen LogP contribution < -0.4 is 26.4 Å². The number of nitrogens with zero attached hydrogens (tertiary/aromatic N) is 3. The summed E-state index contributed by atoms with van der Waals surface area (Å²) >= 11 is 0. The first-order chi connectivity index (χ1) is 38.5. The molecule has 6 heteroatoms. The van der Waals surface area contributed by atoms with Crippen LogP contribution in [-0.2, 0) is 16.2 Å². The predicted molar refractivity (Wildman–Crippen MR) is 266 cm³/mol. The Morgan fingerprint density at radius 3 is 1.92 bits per heavy atom. The van der Waals surface area contributed by atoms with E-state index in [-0.39, 0.29) is 165 Å². The fraction of sp³-hybridized carbons (Fsp3) is 0.228. The van der Waals surface area contributed by atoms with Crippen molar-refractivity contribution < 1.29 is 36.2 Å². The summed E-state index contributed by atoms with van der Waals surface area (Å²) in [6, 6.07) is -9.62. The van der Waals surface area contributed by atoms with E-state index >= 15 is 0 Å². The average molecular weight is 840 g/mol. The Kier molecular flexibility index (Phi) is 4.17. The molecule has 3 aliphatic rings. The zero-order valence-corrected chi connectivity index (χ0v) is 36.2. The van der Waals surface area contributed by atoms with E-state index in [1.165, 1.54) is 21.3 Å². The first-order valence-electron chi connectivity index (χ1n) is 30.9. The number of hydrogen-bond acceptors (Lipinski definition) is 4. The van der Waals surface area contributed by atoms with Gasteiger partial charge in [0.25, 0.3) is 6.71 Å². The molecule has 3 aromatic heterocycles. The summed E-state index contributed by atoms with van der Waals surface area (Å²) in [4.78, 5) is 2.73. The molecule has 0 bridgehead atoms. The van der Waals surface area contributed by atoms with Gasteiger partial charge in [0.15, 0.2) is 0 Å². The number of benzene rings is 7. The highest BCUT2D eigenvalue weighted by Gasteiger charge is 2.49. The molecule has 10 aromatic rings. The van der Waals surface area contributed by atoms with Gasteiger partial charge in [-0.1, -0.05) is 105 Å². The Hall–Kier alpha value is -6.66. The third-order valence-electron chi connectivity index (χ3n) is 12.4. The van der Waals surface area contributed by atoms with Crippen LogP contribution in [-0.4, -0.2) is 11.3 Å². The van der Waals surface area contributed by atoms with Crippen LogP contribution in [0.5, 0.6) is 0 Å². The smallest absolute Gasteiger partial charge is 0.297 e. The van der Waals surface area contributed by atoms with Crippen molar-refractivity contribution in [2.45, 2.75) is 85.5 Å². The van der Waals surface area contributed by atoms with E-state index in [1.807, 2.05) is 0 Å². The molecule has 5 nitrogen and oxygen atoms in total. The van der Waals surface area contributed by atoms with Gasteiger partial charge in [0.1, 0.15) is 16.7 Å². The zero-order valence-electron chi connectivity index (χ0n) is 56.2. The summed E-state index contributed by atoms with van der Waals surface area (Å²) in [6.45, 7) is 16.0. The van der Waals surface area contributed by atoms with E-state index in [2.05, 4.69) is 0 Å². The summed E-state index contributed by atoms with van der Waals surface area (Å²) < 4.78 is 208. The van der Waals surface area contributed by atoms with Crippen LogP contribution in [0.15, 0.2) is 130 Å². The van der Waals surface area contributed by atoms with Gasteiger partial charge in [-0.25, -0.2) is 0 Å². The maximum absolute atomic E-state index is 10.4. The maximum Gasteiger partial charge on any atom is 0.297 e. The normalized spacial score (nSPS) is 18.9. The minimum Gasteiger partial charge on any atom is -0.468 e. The van der Waals surface area contributed by atoms with E-state index in [1.54, 1.807) is 62.3 Å². The molecule has 6 heterocycles. The fourth-order valence-electron chi connectivity index (χ4n) is 9.36. The molecule has 3 aliphatic heterocycles. The van der Waals surface area contributed by atoms with Crippen LogP contribution in [0, 0.1) is 6.92 Å². The predicted octanol–water partition coefficient (Wildman–Crippen LogP) is 14.0. The van der Waals surface area contributed by atoms with Gasteiger partial charge in [-0.3, -0.25) is 0 Å². The number of furan rings is 2. The second kappa shape index (κ2) is 11.9. The summed E-state index contributed by atoms with van der Waals surface area (Å²) in [6.07, 6.45) is 0. The molecule has 0 radical (unpaired) electrons. The SMILES string of the molecule is [2H]c1c([2H])c2c3c(c1[2H])-n1c4c([2H])c([2H])c(C(C)(C)C)c([2H])c4c4c([2H])c(C(C)(C)C)c([2H])c(c41)N3c1c([2H])c(C)c([2H])c3c1B2c1oc2c([2H])c([2H])c(C(C)(C)C)c([2H])c2c1N3c1c([2H])c([2H])c2c(oc3c([2H])c([2H])c([2H])c([2H])c32)c1[2H]. The molecule has 13 rings (SSSR count). The van der Waals surface area contributed by atoms with Crippen LogP contribution >= 0.6 is 0 Å². The average Bonchev–Trinajstić information content (AvgIpc) is 1.65. The molecule has 308 valence electrons. The lowest BCUT2D eigenvalue weighted by molar-refractivity contribution is 0.590. The first kappa shape index (κ1) is 22.1. The Bertz CT molecular complexity index is 4850. The topological polar surface area (TPSA) is 37.7 Å². The molecule has 0 fully saturated rings. The molecule has 0 saturated heterocycles. The van der Waals surface area contributed by atoms with Crippen molar-refractivity contribution in [3.63, 3.8) is 0 Å². The van der Waals surface area contributed by atoms with E-state index in [9.17, 15) is 21.9 Å². The van der Waals surface area contributed by atoms with Crippen molar-refractivity contribution >= 4 is 112 Å². The Morgan fingerprint density at radius 2 is 1.16 bits per heavy atom. The molecule has 7 aromatic carbocycles. The van der Waals surface area contributed by atoms with Gasteiger partial charge in [0.05, 0.1) is 66.9 Å². The molecule has 0 unspecified atom stereocenters. The Balaban J connectivity index is 1.31. The highest BCUT2D eigenvalue weighted by molar-refractivity contribution is 7.00. The number of fused-ring (bicyclic) bond motifs is 14. The van der Waals surface area contributed by atoms with E-state index in [0.29, 0.717) is 0 Å². The number of para-hydroxylation sites is 2. The van der Waals surface area contributed by atoms with Gasteiger partial charge in [-0.15, -0.1) is 0 Å². The van der Waals surface area contributed by atoms with Gasteiger partial charge >= 0.3 is 0 Å². The summed E-state index contributed by atoms with van der Waals surface area (Å²) in [7, 11) is 0. The van der Waals surface area contributed by atoms with E-state index < -0.39 is 112 Å². The van der Waals surface area contributed by atoms with Gasteiger partial charge < -0.3 is 23.2 Å². The largest absolute Gasteiger partial charge is 0.468 e. The Morgan fingerprint density at radius 1 is 0.492 bits per heavy atom. The summed E-state index contributed by atoms with van der Waals surface area (Å²) in [5.74, 6) is 0. The molecule has 0 amide bonds. The minimum atomic E-state index is -1.57. The molecule has 0 saturated carbocycles. The molecule has 63 heavy (non-hydrogen) atoms. The second-order valence-corrected chi connectivity index (χ2v) is 19.8. The third kappa shape index (κ3) is 4.90. The number of anilines is 6. The molecule has 0 aliphatic carbocycles. The number of rotatable bonds is 1. The van der Waals surface area contributed by atoms with Crippen molar-refractivity contribution in [1.29, 1.82) is 0 Å². The summed E-state index contributed by atoms with van der Waals surface area (Å²) in [5, 5.41) is -0.558. The lowest BCUT2D eigenvalue weighted by atomic mass is 9.35. The second-order valence-electron chi connectivity index (χ2n) is 19.8. The number of aromatic nitrogens is 1. The van der Waals surface area contributed by atoms with Crippen LogP contribution in [0.1, 0.15) is 112 Å². The minimum absolute atomic E-state index is 0.0245. The van der Waals surface area contributed by atoms with Crippen molar-refractivity contribution in [3.8, 4) is 5.69 Å². The lowest BCUT2D eigenvalue weighted by Gasteiger charge is -2.45. The molecular formula is C57H50BN3O2. The first-order valence-corrected chi connectivity index (χ1v) is 20.9. The zero-order chi connectivity index (χ0) is 60.6. The lowest BCUT2D eigenvalue weighted by Crippen LogP contribution is -2.61. The van der Waals surface area contributed by atoms with Crippen LogP contribution in [0.2, 0.25) is 0 Å². The van der Waals surface area contributed by atoms with Gasteiger partial charge in [-0.05, 0) is 129 Å². The molecule has 0 atom stereocenters. The Labute approximate surface area is 396 Å². The number of hydrogen-bond donors (Lipinski definition) is 0. The highest BCUT2D eigenvalue weighted by atomic mass is 16.3. The van der Waals surface area contributed by atoms with Crippen LogP contribution in [0.4, 0.5) is 34.1 Å². The van der Waals surface area contributed by atoms with Crippen molar-refractivity contribution in [2.75, 3.05) is 9.80 Å². The van der Waals surface area contributed by atoms with Crippen molar-refractivity contribution in [3.05, 3.63) is 143 Å². The van der Waals surface area contributed by atoms with E-state index in [0.717, 1.165) is 0 Å². The highest BCUT2D eigenvalue weighted by Crippen LogP contribution is 2.54. The standard InChI is InChI=1S/C57H50BN3O2/c1-31-24-44-50-45(25-31)61-46-29-34(57(8,9)10)28-39-38-26-32(55(2,3)4)18-22-42(38)60(51(39)46)43-16-13-15-41(53(43)61)58(50)54-52(40-27-33(56(5,6)7)19-23-48(40)63-54)59(44)35-20-21-37-36-14-11-12-17-47(36)62-49(37)30-35/h11-30H,1-10H3/i11D,12D,13D,14D,15D,16D,17D,18D,19D,20D,21D,22D,23D,24D,25D,26D,27D,28D,29D,30D. The molecular weight excluding hydrogens is 769 g/mol. The van der Waals surface area contributed by atoms with Gasteiger partial charge in [0, 0.05) is 50.0 Å². The monoisotopic (exact) mass is 840 g/mol. The summed E-state index contributed by atoms with van der Waals surface area (Å²) in [5.41, 5.74) is -5.38.